The summed E-state index contributed by atoms with van der Waals surface area (Å²) in [6.45, 7) is 3.51. The highest BCUT2D eigenvalue weighted by Gasteiger charge is 2.33. The summed E-state index contributed by atoms with van der Waals surface area (Å²) in [7, 11) is 0. The zero-order valence-electron chi connectivity index (χ0n) is 10.5. The predicted octanol–water partition coefficient (Wildman–Crippen LogP) is 4.09. The Morgan fingerprint density at radius 3 is 2.50 bits per heavy atom. The number of aromatic nitrogens is 3. The fourth-order valence-corrected chi connectivity index (χ4v) is 2.52. The number of hydrogen-bond donors (Lipinski definition) is 1. The van der Waals surface area contributed by atoms with Gasteiger partial charge in [0, 0.05) is 17.1 Å². The molecule has 0 fully saturated rings. The topological polar surface area (TPSA) is 50.7 Å². The normalized spacial score (nSPS) is 13.3. The summed E-state index contributed by atoms with van der Waals surface area (Å²) < 4.78 is 41.5. The second-order valence-corrected chi connectivity index (χ2v) is 5.20. The van der Waals surface area contributed by atoms with Crippen molar-refractivity contribution in [2.75, 3.05) is 5.32 Å². The molecule has 2 heterocycles. The van der Waals surface area contributed by atoms with Crippen molar-refractivity contribution < 1.29 is 13.2 Å². The Morgan fingerprint density at radius 2 is 2.00 bits per heavy atom. The molecule has 2 aromatic rings. The SMILES string of the molecule is Cc1nsc(N[C@@H](C)c2ccc(C(F)(F)F)nc2Cl)n1. The molecule has 0 unspecified atom stereocenters. The van der Waals surface area contributed by atoms with Crippen molar-refractivity contribution in [3.05, 3.63) is 34.4 Å². The van der Waals surface area contributed by atoms with Gasteiger partial charge in [0.1, 0.15) is 16.7 Å². The van der Waals surface area contributed by atoms with Crippen molar-refractivity contribution >= 4 is 28.3 Å². The van der Waals surface area contributed by atoms with Gasteiger partial charge in [-0.15, -0.1) is 0 Å². The molecule has 9 heteroatoms. The van der Waals surface area contributed by atoms with Gasteiger partial charge < -0.3 is 5.32 Å². The maximum atomic E-state index is 12.5. The van der Waals surface area contributed by atoms with E-state index in [1.165, 1.54) is 17.6 Å². The molecule has 0 saturated carbocycles. The Morgan fingerprint density at radius 1 is 1.30 bits per heavy atom. The van der Waals surface area contributed by atoms with Crippen LogP contribution in [0.3, 0.4) is 0 Å². The van der Waals surface area contributed by atoms with E-state index in [-0.39, 0.29) is 11.2 Å². The molecule has 2 aromatic heterocycles. The van der Waals surface area contributed by atoms with Gasteiger partial charge in [0.15, 0.2) is 0 Å². The minimum atomic E-state index is -4.50. The van der Waals surface area contributed by atoms with Gasteiger partial charge in [-0.3, -0.25) is 0 Å². The third-order valence-corrected chi connectivity index (χ3v) is 3.54. The van der Waals surface area contributed by atoms with Crippen molar-refractivity contribution in [3.8, 4) is 0 Å². The number of rotatable bonds is 3. The molecule has 2 rings (SSSR count). The zero-order valence-corrected chi connectivity index (χ0v) is 12.1. The number of alkyl halides is 3. The van der Waals surface area contributed by atoms with Crippen LogP contribution in [0.15, 0.2) is 12.1 Å². The molecule has 4 nitrogen and oxygen atoms in total. The molecule has 0 aliphatic rings. The van der Waals surface area contributed by atoms with E-state index in [0.29, 0.717) is 16.5 Å². The van der Waals surface area contributed by atoms with E-state index >= 15 is 0 Å². The van der Waals surface area contributed by atoms with Crippen LogP contribution in [0, 0.1) is 6.92 Å². The number of nitrogens with zero attached hydrogens (tertiary/aromatic N) is 3. The van der Waals surface area contributed by atoms with Gasteiger partial charge in [0.25, 0.3) is 0 Å². The molecule has 1 atom stereocenters. The maximum absolute atomic E-state index is 12.5. The van der Waals surface area contributed by atoms with E-state index in [9.17, 15) is 13.2 Å². The van der Waals surface area contributed by atoms with Gasteiger partial charge in [0.05, 0.1) is 6.04 Å². The Bertz CT molecular complexity index is 614. The average Bonchev–Trinajstić information content (AvgIpc) is 2.73. The fourth-order valence-electron chi connectivity index (χ4n) is 1.54. The standard InChI is InChI=1S/C11H10ClF3N4S/c1-5(16-10-17-6(2)19-20-10)7-3-4-8(11(13,14)15)18-9(7)12/h3-5H,1-2H3,(H,16,17,19)/t5-/m0/s1. The first kappa shape index (κ1) is 15.0. The number of aryl methyl sites for hydroxylation is 1. The molecule has 0 saturated heterocycles. The van der Waals surface area contributed by atoms with Gasteiger partial charge in [-0.1, -0.05) is 17.7 Å². The molecular weight excluding hydrogens is 313 g/mol. The lowest BCUT2D eigenvalue weighted by molar-refractivity contribution is -0.141. The lowest BCUT2D eigenvalue weighted by Gasteiger charge is -2.15. The first-order valence-corrected chi connectivity index (χ1v) is 6.73. The van der Waals surface area contributed by atoms with E-state index in [1.807, 2.05) is 0 Å². The molecule has 20 heavy (non-hydrogen) atoms. The van der Waals surface area contributed by atoms with Crippen molar-refractivity contribution in [3.63, 3.8) is 0 Å². The summed E-state index contributed by atoms with van der Waals surface area (Å²) in [5, 5.41) is 3.41. The molecule has 0 bridgehead atoms. The average molecular weight is 323 g/mol. The van der Waals surface area contributed by atoms with Gasteiger partial charge in [0.2, 0.25) is 5.13 Å². The number of nitrogens with one attached hydrogen (secondary N) is 1. The van der Waals surface area contributed by atoms with Gasteiger partial charge in [-0.25, -0.2) is 9.97 Å². The zero-order chi connectivity index (χ0) is 14.9. The summed E-state index contributed by atoms with van der Waals surface area (Å²) in [5.74, 6) is 0.626. The first-order valence-electron chi connectivity index (χ1n) is 5.58. The van der Waals surface area contributed by atoms with Crippen LogP contribution >= 0.6 is 23.1 Å². The van der Waals surface area contributed by atoms with Crippen LogP contribution < -0.4 is 5.32 Å². The number of pyridine rings is 1. The minimum Gasteiger partial charge on any atom is -0.354 e. The second-order valence-electron chi connectivity index (χ2n) is 4.09. The molecular formula is C11H10ClF3N4S. The lowest BCUT2D eigenvalue weighted by atomic mass is 10.1. The second kappa shape index (κ2) is 5.53. The largest absolute Gasteiger partial charge is 0.433 e. The molecule has 1 N–H and O–H groups in total. The molecule has 0 aliphatic carbocycles. The summed E-state index contributed by atoms with van der Waals surface area (Å²) in [4.78, 5) is 7.50. The highest BCUT2D eigenvalue weighted by molar-refractivity contribution is 7.09. The Balaban J connectivity index is 2.20. The van der Waals surface area contributed by atoms with Crippen LogP contribution in [0.4, 0.5) is 18.3 Å². The van der Waals surface area contributed by atoms with E-state index in [1.54, 1.807) is 13.8 Å². The number of halogens is 4. The number of anilines is 1. The summed E-state index contributed by atoms with van der Waals surface area (Å²) in [6.07, 6.45) is -4.50. The van der Waals surface area contributed by atoms with Crippen LogP contribution in [-0.4, -0.2) is 14.3 Å². The highest BCUT2D eigenvalue weighted by Crippen LogP contribution is 2.32. The highest BCUT2D eigenvalue weighted by atomic mass is 35.5. The van der Waals surface area contributed by atoms with Crippen molar-refractivity contribution in [2.24, 2.45) is 0 Å². The monoisotopic (exact) mass is 322 g/mol. The van der Waals surface area contributed by atoms with Crippen LogP contribution in [0.1, 0.15) is 30.0 Å². The van der Waals surface area contributed by atoms with E-state index in [4.69, 9.17) is 11.6 Å². The first-order chi connectivity index (χ1) is 9.27. The maximum Gasteiger partial charge on any atom is 0.433 e. The van der Waals surface area contributed by atoms with Crippen molar-refractivity contribution in [1.82, 2.24) is 14.3 Å². The fraction of sp³-hybridized carbons (Fsp3) is 0.364. The third kappa shape index (κ3) is 3.37. The quantitative estimate of drug-likeness (QED) is 0.865. The van der Waals surface area contributed by atoms with Crippen LogP contribution in [0.25, 0.3) is 0 Å². The van der Waals surface area contributed by atoms with Crippen molar-refractivity contribution in [2.45, 2.75) is 26.1 Å². The molecule has 108 valence electrons. The number of hydrogen-bond acceptors (Lipinski definition) is 5. The molecule has 0 aromatic carbocycles. The molecule has 0 aliphatic heterocycles. The third-order valence-electron chi connectivity index (χ3n) is 2.50. The van der Waals surface area contributed by atoms with E-state index in [2.05, 4.69) is 19.7 Å². The summed E-state index contributed by atoms with van der Waals surface area (Å²) in [6, 6.07) is 1.89. The minimum absolute atomic E-state index is 0.180. The molecule has 0 spiro atoms. The van der Waals surface area contributed by atoms with Crippen LogP contribution in [-0.2, 0) is 6.18 Å². The van der Waals surface area contributed by atoms with Gasteiger partial charge in [-0.2, -0.15) is 17.5 Å². The molecule has 0 radical (unpaired) electrons. The van der Waals surface area contributed by atoms with Crippen LogP contribution in [0.2, 0.25) is 5.15 Å². The van der Waals surface area contributed by atoms with Gasteiger partial charge in [-0.05, 0) is 19.9 Å². The Kier molecular flexibility index (Phi) is 4.14. The summed E-state index contributed by atoms with van der Waals surface area (Å²) in [5.41, 5.74) is -0.544. The Hall–Kier alpha value is -1.41. The molecule has 0 amide bonds. The smallest absolute Gasteiger partial charge is 0.354 e. The van der Waals surface area contributed by atoms with E-state index in [0.717, 1.165) is 6.07 Å². The van der Waals surface area contributed by atoms with Crippen LogP contribution in [0.5, 0.6) is 0 Å². The van der Waals surface area contributed by atoms with E-state index < -0.39 is 11.9 Å². The lowest BCUT2D eigenvalue weighted by Crippen LogP contribution is -2.12. The summed E-state index contributed by atoms with van der Waals surface area (Å²) >= 11 is 6.99. The van der Waals surface area contributed by atoms with Crippen molar-refractivity contribution in [1.29, 1.82) is 0 Å². The Labute approximate surface area is 122 Å². The van der Waals surface area contributed by atoms with Gasteiger partial charge >= 0.3 is 6.18 Å². The predicted molar refractivity (Wildman–Crippen MR) is 70.9 cm³/mol.